The van der Waals surface area contributed by atoms with Crippen LogP contribution in [0.5, 0.6) is 11.5 Å². The van der Waals surface area contributed by atoms with Crippen molar-refractivity contribution in [2.45, 2.75) is 32.9 Å². The van der Waals surface area contributed by atoms with E-state index in [1.165, 1.54) is 5.56 Å². The van der Waals surface area contributed by atoms with Crippen LogP contribution in [0.25, 0.3) is 0 Å². The van der Waals surface area contributed by atoms with Crippen molar-refractivity contribution < 1.29 is 14.3 Å². The Hall–Kier alpha value is -2.20. The fourth-order valence-electron chi connectivity index (χ4n) is 2.03. The zero-order chi connectivity index (χ0) is 17.5. The van der Waals surface area contributed by atoms with Gasteiger partial charge < -0.3 is 14.8 Å². The van der Waals surface area contributed by atoms with E-state index in [0.29, 0.717) is 17.4 Å². The molecule has 0 saturated heterocycles. The van der Waals surface area contributed by atoms with Gasteiger partial charge in [0.25, 0.3) is 5.91 Å². The lowest BCUT2D eigenvalue weighted by Gasteiger charge is -2.19. The number of rotatable bonds is 7. The molecule has 2 atom stereocenters. The van der Waals surface area contributed by atoms with Gasteiger partial charge in [-0.1, -0.05) is 29.3 Å². The van der Waals surface area contributed by atoms with E-state index in [0.717, 1.165) is 5.75 Å². The van der Waals surface area contributed by atoms with Crippen LogP contribution in [-0.2, 0) is 4.79 Å². The van der Waals surface area contributed by atoms with Crippen LogP contribution in [0.3, 0.4) is 0 Å². The molecule has 5 heteroatoms. The maximum Gasteiger partial charge on any atom is 0.261 e. The second-order valence-electron chi connectivity index (χ2n) is 5.75. The molecular formula is C19H22ClNO3. The first-order valence-corrected chi connectivity index (χ1v) is 8.24. The summed E-state index contributed by atoms with van der Waals surface area (Å²) in [6, 6.07) is 14.6. The van der Waals surface area contributed by atoms with E-state index in [-0.39, 0.29) is 11.9 Å². The minimum atomic E-state index is -0.604. The zero-order valence-electron chi connectivity index (χ0n) is 14.1. The number of aryl methyl sites for hydroxylation is 1. The van der Waals surface area contributed by atoms with E-state index >= 15 is 0 Å². The summed E-state index contributed by atoms with van der Waals surface area (Å²) in [6.07, 6.45) is -0.604. The maximum atomic E-state index is 12.2. The predicted molar refractivity (Wildman–Crippen MR) is 95.8 cm³/mol. The number of carbonyl (C=O) groups excluding carboxylic acids is 1. The third-order valence-electron chi connectivity index (χ3n) is 3.41. The number of benzene rings is 2. The Labute approximate surface area is 147 Å². The Morgan fingerprint density at radius 3 is 2.25 bits per heavy atom. The number of ether oxygens (including phenoxy) is 2. The number of nitrogens with one attached hydrogen (secondary N) is 1. The van der Waals surface area contributed by atoms with Gasteiger partial charge in [-0.05, 0) is 57.2 Å². The maximum absolute atomic E-state index is 12.2. The monoisotopic (exact) mass is 347 g/mol. The highest BCUT2D eigenvalue weighted by molar-refractivity contribution is 6.30. The SMILES string of the molecule is Cc1ccc(OCC(C)NC(=O)C(C)Oc2ccc(Cl)cc2)cc1. The molecule has 2 rings (SSSR count). The molecule has 0 bridgehead atoms. The van der Waals surface area contributed by atoms with Gasteiger partial charge in [-0.2, -0.15) is 0 Å². The first-order valence-electron chi connectivity index (χ1n) is 7.86. The van der Waals surface area contributed by atoms with Crippen molar-refractivity contribution in [3.63, 3.8) is 0 Å². The summed E-state index contributed by atoms with van der Waals surface area (Å²) in [7, 11) is 0. The zero-order valence-corrected chi connectivity index (χ0v) is 14.8. The molecular weight excluding hydrogens is 326 g/mol. The standard InChI is InChI=1S/C19H22ClNO3/c1-13-4-8-17(9-5-13)23-12-14(2)21-19(22)15(3)24-18-10-6-16(20)7-11-18/h4-11,14-15H,12H2,1-3H3,(H,21,22). The number of halogens is 1. The van der Waals surface area contributed by atoms with Gasteiger partial charge in [0.1, 0.15) is 18.1 Å². The second kappa shape index (κ2) is 8.60. The summed E-state index contributed by atoms with van der Waals surface area (Å²) in [5, 5.41) is 3.50. The molecule has 0 saturated carbocycles. The van der Waals surface area contributed by atoms with Gasteiger partial charge in [-0.3, -0.25) is 4.79 Å². The van der Waals surface area contributed by atoms with Gasteiger partial charge in [-0.25, -0.2) is 0 Å². The Morgan fingerprint density at radius 2 is 1.62 bits per heavy atom. The van der Waals surface area contributed by atoms with Gasteiger partial charge in [0.2, 0.25) is 0 Å². The third-order valence-corrected chi connectivity index (χ3v) is 3.66. The van der Waals surface area contributed by atoms with Crippen LogP contribution in [-0.4, -0.2) is 24.7 Å². The summed E-state index contributed by atoms with van der Waals surface area (Å²) in [6.45, 7) is 6.01. The molecule has 0 aliphatic heterocycles. The fourth-order valence-corrected chi connectivity index (χ4v) is 2.15. The largest absolute Gasteiger partial charge is 0.491 e. The summed E-state index contributed by atoms with van der Waals surface area (Å²) in [4.78, 5) is 12.2. The van der Waals surface area contributed by atoms with Crippen LogP contribution < -0.4 is 14.8 Å². The molecule has 0 aliphatic rings. The third kappa shape index (κ3) is 5.78. The minimum absolute atomic E-state index is 0.130. The molecule has 24 heavy (non-hydrogen) atoms. The molecule has 0 fully saturated rings. The Balaban J connectivity index is 1.77. The van der Waals surface area contributed by atoms with Gasteiger partial charge in [0.15, 0.2) is 6.10 Å². The van der Waals surface area contributed by atoms with Crippen molar-refractivity contribution in [3.8, 4) is 11.5 Å². The fraction of sp³-hybridized carbons (Fsp3) is 0.316. The van der Waals surface area contributed by atoms with Gasteiger partial charge in [0, 0.05) is 5.02 Å². The lowest BCUT2D eigenvalue weighted by Crippen LogP contribution is -2.43. The minimum Gasteiger partial charge on any atom is -0.491 e. The average molecular weight is 348 g/mol. The van der Waals surface area contributed by atoms with Crippen molar-refractivity contribution in [3.05, 3.63) is 59.1 Å². The molecule has 1 amide bonds. The van der Waals surface area contributed by atoms with E-state index in [1.54, 1.807) is 31.2 Å². The number of hydrogen-bond acceptors (Lipinski definition) is 3. The molecule has 0 heterocycles. The molecule has 0 spiro atoms. The predicted octanol–water partition coefficient (Wildman–Crippen LogP) is 4.00. The Kier molecular flexibility index (Phi) is 6.50. The lowest BCUT2D eigenvalue weighted by molar-refractivity contribution is -0.128. The highest BCUT2D eigenvalue weighted by Crippen LogP contribution is 2.17. The van der Waals surface area contributed by atoms with Gasteiger partial charge in [-0.15, -0.1) is 0 Å². The van der Waals surface area contributed by atoms with E-state index < -0.39 is 6.10 Å². The van der Waals surface area contributed by atoms with Crippen molar-refractivity contribution in [2.75, 3.05) is 6.61 Å². The second-order valence-corrected chi connectivity index (χ2v) is 6.18. The molecule has 2 unspecified atom stereocenters. The van der Waals surface area contributed by atoms with Crippen molar-refractivity contribution >= 4 is 17.5 Å². The average Bonchev–Trinajstić information content (AvgIpc) is 2.56. The quantitative estimate of drug-likeness (QED) is 0.823. The van der Waals surface area contributed by atoms with Crippen LogP contribution in [0.15, 0.2) is 48.5 Å². The van der Waals surface area contributed by atoms with Gasteiger partial charge in [0.05, 0.1) is 6.04 Å². The molecule has 128 valence electrons. The van der Waals surface area contributed by atoms with E-state index in [2.05, 4.69) is 5.32 Å². The number of amides is 1. The highest BCUT2D eigenvalue weighted by Gasteiger charge is 2.17. The summed E-state index contributed by atoms with van der Waals surface area (Å²) < 4.78 is 11.3. The highest BCUT2D eigenvalue weighted by atomic mass is 35.5. The van der Waals surface area contributed by atoms with E-state index in [4.69, 9.17) is 21.1 Å². The molecule has 0 aromatic heterocycles. The van der Waals surface area contributed by atoms with Crippen molar-refractivity contribution in [1.29, 1.82) is 0 Å². The molecule has 4 nitrogen and oxygen atoms in total. The van der Waals surface area contributed by atoms with E-state index in [1.807, 2.05) is 38.1 Å². The summed E-state index contributed by atoms with van der Waals surface area (Å²) >= 11 is 5.82. The van der Waals surface area contributed by atoms with Crippen molar-refractivity contribution in [2.24, 2.45) is 0 Å². The van der Waals surface area contributed by atoms with Crippen LogP contribution in [0, 0.1) is 6.92 Å². The number of carbonyl (C=O) groups is 1. The van der Waals surface area contributed by atoms with Crippen LogP contribution in [0.1, 0.15) is 19.4 Å². The topological polar surface area (TPSA) is 47.6 Å². The van der Waals surface area contributed by atoms with Crippen LogP contribution in [0.4, 0.5) is 0 Å². The Morgan fingerprint density at radius 1 is 1.04 bits per heavy atom. The normalized spacial score (nSPS) is 13.0. The first-order chi connectivity index (χ1) is 11.4. The Bertz CT molecular complexity index is 655. The van der Waals surface area contributed by atoms with Crippen LogP contribution >= 0.6 is 11.6 Å². The van der Waals surface area contributed by atoms with Gasteiger partial charge >= 0.3 is 0 Å². The van der Waals surface area contributed by atoms with E-state index in [9.17, 15) is 4.79 Å². The smallest absolute Gasteiger partial charge is 0.261 e. The first kappa shape index (κ1) is 18.1. The molecule has 2 aromatic rings. The van der Waals surface area contributed by atoms with Crippen LogP contribution in [0.2, 0.25) is 5.02 Å². The molecule has 0 aliphatic carbocycles. The van der Waals surface area contributed by atoms with Crippen molar-refractivity contribution in [1.82, 2.24) is 5.32 Å². The molecule has 2 aromatic carbocycles. The molecule has 0 radical (unpaired) electrons. The number of hydrogen-bond donors (Lipinski definition) is 1. The summed E-state index contributed by atoms with van der Waals surface area (Å²) in [5.41, 5.74) is 1.18. The summed E-state index contributed by atoms with van der Waals surface area (Å²) in [5.74, 6) is 1.20. The molecule has 1 N–H and O–H groups in total. The lowest BCUT2D eigenvalue weighted by atomic mass is 10.2.